The van der Waals surface area contributed by atoms with E-state index in [-0.39, 0.29) is 4.90 Å². The van der Waals surface area contributed by atoms with Crippen molar-refractivity contribution >= 4 is 21.1 Å². The fourth-order valence-electron chi connectivity index (χ4n) is 2.96. The third-order valence-electron chi connectivity index (χ3n) is 4.24. The first kappa shape index (κ1) is 15.3. The lowest BCUT2D eigenvalue weighted by Crippen LogP contribution is -2.48. The Morgan fingerprint density at radius 3 is 2.79 bits per heavy atom. The second kappa shape index (κ2) is 6.00. The summed E-state index contributed by atoms with van der Waals surface area (Å²) in [6, 6.07) is 5.33. The summed E-state index contributed by atoms with van der Waals surface area (Å²) in [6.45, 7) is 2.89. The van der Waals surface area contributed by atoms with Crippen LogP contribution < -0.4 is 0 Å². The van der Waals surface area contributed by atoms with Crippen molar-refractivity contribution in [1.82, 2.24) is 24.3 Å². The number of fused-ring (bicyclic) bond motifs is 1. The van der Waals surface area contributed by atoms with Crippen LogP contribution in [0.2, 0.25) is 0 Å². The average molecular weight is 347 g/mol. The molecule has 3 aromatic rings. The molecule has 1 aliphatic heterocycles. The first-order chi connectivity index (χ1) is 11.6. The van der Waals surface area contributed by atoms with E-state index in [4.69, 9.17) is 4.52 Å². The van der Waals surface area contributed by atoms with Gasteiger partial charge in [0.15, 0.2) is 0 Å². The molecule has 8 nitrogen and oxygen atoms in total. The first-order valence-electron chi connectivity index (χ1n) is 7.68. The van der Waals surface area contributed by atoms with Gasteiger partial charge in [-0.05, 0) is 12.1 Å². The Bertz CT molecular complexity index is 927. The molecule has 1 N–H and O–H groups in total. The van der Waals surface area contributed by atoms with Crippen LogP contribution in [0.1, 0.15) is 5.69 Å². The Hall–Kier alpha value is -2.23. The zero-order chi connectivity index (χ0) is 16.6. The molecule has 24 heavy (non-hydrogen) atoms. The maximum atomic E-state index is 12.9. The summed E-state index contributed by atoms with van der Waals surface area (Å²) >= 11 is 0. The van der Waals surface area contributed by atoms with E-state index in [1.165, 1.54) is 10.5 Å². The van der Waals surface area contributed by atoms with Crippen LogP contribution in [0.15, 0.2) is 46.3 Å². The molecule has 0 amide bonds. The minimum Gasteiger partial charge on any atom is -0.364 e. The molecule has 1 aliphatic rings. The van der Waals surface area contributed by atoms with Crippen LogP contribution >= 0.6 is 0 Å². The highest BCUT2D eigenvalue weighted by Gasteiger charge is 2.30. The quantitative estimate of drug-likeness (QED) is 0.758. The van der Waals surface area contributed by atoms with Gasteiger partial charge in [-0.25, -0.2) is 13.4 Å². The Balaban J connectivity index is 1.50. The molecule has 3 aromatic heterocycles. The molecule has 0 radical (unpaired) electrons. The predicted octanol–water partition coefficient (Wildman–Crippen LogP) is 1.06. The van der Waals surface area contributed by atoms with Crippen LogP contribution in [0.4, 0.5) is 0 Å². The molecule has 1 saturated heterocycles. The molecule has 9 heteroatoms. The summed E-state index contributed by atoms with van der Waals surface area (Å²) in [5, 5.41) is 4.52. The van der Waals surface area contributed by atoms with Crippen LogP contribution in [0, 0.1) is 0 Å². The van der Waals surface area contributed by atoms with Gasteiger partial charge >= 0.3 is 0 Å². The van der Waals surface area contributed by atoms with Gasteiger partial charge in [0, 0.05) is 56.6 Å². The third-order valence-corrected chi connectivity index (χ3v) is 6.18. The fourth-order valence-corrected chi connectivity index (χ4v) is 4.53. The minimum absolute atomic E-state index is 0.288. The van der Waals surface area contributed by atoms with Crippen molar-refractivity contribution in [3.63, 3.8) is 0 Å². The maximum Gasteiger partial charge on any atom is 0.245 e. The molecular weight excluding hydrogens is 330 g/mol. The van der Waals surface area contributed by atoms with Gasteiger partial charge in [-0.3, -0.25) is 4.90 Å². The summed E-state index contributed by atoms with van der Waals surface area (Å²) in [4.78, 5) is 9.53. The maximum absolute atomic E-state index is 12.9. The molecule has 0 bridgehead atoms. The molecule has 1 fully saturated rings. The molecule has 0 aromatic carbocycles. The third kappa shape index (κ3) is 2.70. The number of aromatic nitrogens is 3. The molecule has 0 aliphatic carbocycles. The minimum atomic E-state index is -3.53. The number of piperazine rings is 1. The zero-order valence-electron chi connectivity index (χ0n) is 12.9. The molecule has 0 spiro atoms. The zero-order valence-corrected chi connectivity index (χ0v) is 13.7. The molecule has 126 valence electrons. The van der Waals surface area contributed by atoms with Gasteiger partial charge in [0.1, 0.15) is 16.8 Å². The number of nitrogens with one attached hydrogen (secondary N) is 1. The summed E-state index contributed by atoms with van der Waals surface area (Å²) in [6.07, 6.45) is 4.70. The highest BCUT2D eigenvalue weighted by Crippen LogP contribution is 2.25. The molecule has 0 atom stereocenters. The van der Waals surface area contributed by atoms with Crippen LogP contribution in [0.3, 0.4) is 0 Å². The van der Waals surface area contributed by atoms with E-state index in [0.717, 1.165) is 5.69 Å². The summed E-state index contributed by atoms with van der Waals surface area (Å²) in [5.74, 6) is 0. The number of rotatable bonds is 4. The molecule has 4 heterocycles. The van der Waals surface area contributed by atoms with Crippen LogP contribution in [-0.4, -0.2) is 58.9 Å². The van der Waals surface area contributed by atoms with Crippen molar-refractivity contribution in [1.29, 1.82) is 0 Å². The summed E-state index contributed by atoms with van der Waals surface area (Å²) < 4.78 is 32.2. The molecule has 0 unspecified atom stereocenters. The van der Waals surface area contributed by atoms with E-state index in [9.17, 15) is 8.42 Å². The lowest BCUT2D eigenvalue weighted by molar-refractivity contribution is 0.178. The number of nitrogens with zero attached hydrogens (tertiary/aromatic N) is 4. The summed E-state index contributed by atoms with van der Waals surface area (Å²) in [7, 11) is -3.53. The number of aromatic amines is 1. The van der Waals surface area contributed by atoms with E-state index in [2.05, 4.69) is 20.0 Å². The van der Waals surface area contributed by atoms with Crippen molar-refractivity contribution in [2.45, 2.75) is 11.4 Å². The summed E-state index contributed by atoms with van der Waals surface area (Å²) in [5.41, 5.74) is 1.44. The van der Waals surface area contributed by atoms with Crippen LogP contribution in [0.5, 0.6) is 0 Å². The van der Waals surface area contributed by atoms with E-state index in [0.29, 0.717) is 43.8 Å². The van der Waals surface area contributed by atoms with Gasteiger partial charge < -0.3 is 9.51 Å². The Kier molecular flexibility index (Phi) is 3.83. The van der Waals surface area contributed by atoms with E-state index < -0.39 is 10.0 Å². The highest BCUT2D eigenvalue weighted by molar-refractivity contribution is 7.89. The Morgan fingerprint density at radius 1 is 1.21 bits per heavy atom. The van der Waals surface area contributed by atoms with Gasteiger partial charge in [0.05, 0.1) is 5.69 Å². The van der Waals surface area contributed by atoms with Crippen molar-refractivity contribution in [2.75, 3.05) is 26.2 Å². The highest BCUT2D eigenvalue weighted by atomic mass is 32.2. The second-order valence-corrected chi connectivity index (χ2v) is 7.63. The number of hydrogen-bond donors (Lipinski definition) is 1. The number of sulfonamides is 1. The van der Waals surface area contributed by atoms with Crippen molar-refractivity contribution < 1.29 is 12.9 Å². The van der Waals surface area contributed by atoms with Gasteiger partial charge in [-0.15, -0.1) is 0 Å². The van der Waals surface area contributed by atoms with Crippen LogP contribution in [-0.2, 0) is 16.6 Å². The van der Waals surface area contributed by atoms with Gasteiger partial charge in [0.25, 0.3) is 0 Å². The molecule has 0 saturated carbocycles. The van der Waals surface area contributed by atoms with Crippen molar-refractivity contribution in [3.8, 4) is 0 Å². The van der Waals surface area contributed by atoms with E-state index in [1.807, 2.05) is 6.07 Å². The molecular formula is C15H17N5O3S. The Labute approximate surface area is 139 Å². The predicted molar refractivity (Wildman–Crippen MR) is 86.6 cm³/mol. The Morgan fingerprint density at radius 2 is 2.04 bits per heavy atom. The largest absolute Gasteiger partial charge is 0.364 e. The van der Waals surface area contributed by atoms with Gasteiger partial charge in [0.2, 0.25) is 10.0 Å². The monoisotopic (exact) mass is 347 g/mol. The van der Waals surface area contributed by atoms with Crippen LogP contribution in [0.25, 0.3) is 11.0 Å². The lowest BCUT2D eigenvalue weighted by Gasteiger charge is -2.33. The molecule has 4 rings (SSSR count). The van der Waals surface area contributed by atoms with Crippen molar-refractivity contribution in [2.24, 2.45) is 0 Å². The van der Waals surface area contributed by atoms with Gasteiger partial charge in [-0.1, -0.05) is 5.16 Å². The fraction of sp³-hybridized carbons (Fsp3) is 0.333. The van der Waals surface area contributed by atoms with E-state index in [1.54, 1.807) is 24.6 Å². The lowest BCUT2D eigenvalue weighted by atomic mass is 10.3. The number of hydrogen-bond acceptors (Lipinski definition) is 6. The first-order valence-corrected chi connectivity index (χ1v) is 9.12. The topological polar surface area (TPSA) is 95.3 Å². The van der Waals surface area contributed by atoms with Gasteiger partial charge in [-0.2, -0.15) is 4.31 Å². The SMILES string of the molecule is O=S(=O)(c1c[nH]c2ncccc12)N1CCN(Cc2ccon2)CC1. The van der Waals surface area contributed by atoms with Crippen molar-refractivity contribution in [3.05, 3.63) is 42.5 Å². The number of pyridine rings is 1. The average Bonchev–Trinajstić information content (AvgIpc) is 3.24. The second-order valence-electron chi connectivity index (χ2n) is 5.72. The normalized spacial score (nSPS) is 17.5. The van der Waals surface area contributed by atoms with E-state index >= 15 is 0 Å². The smallest absolute Gasteiger partial charge is 0.245 e. The number of H-pyrrole nitrogens is 1. The standard InChI is InChI=1S/C15H17N5O3S/c21-24(22,14-10-17-15-13(14)2-1-4-16-15)20-7-5-19(6-8-20)11-12-3-9-23-18-12/h1-4,9-10H,5-8,11H2,(H,16,17).